The number of nitrogens with one attached hydrogen (secondary N) is 1. The lowest BCUT2D eigenvalue weighted by molar-refractivity contribution is -0.932. The van der Waals surface area contributed by atoms with Gasteiger partial charge in [-0.25, -0.2) is 9.59 Å². The van der Waals surface area contributed by atoms with Crippen LogP contribution in [0.3, 0.4) is 0 Å². The average molecular weight is 456 g/mol. The van der Waals surface area contributed by atoms with Gasteiger partial charge in [0.05, 0.1) is 31.5 Å². The van der Waals surface area contributed by atoms with Crippen LogP contribution in [0.25, 0.3) is 0 Å². The molecule has 7 heteroatoms. The molecule has 0 saturated carbocycles. The van der Waals surface area contributed by atoms with Gasteiger partial charge in [0, 0.05) is 6.42 Å². The highest BCUT2D eigenvalue weighted by atomic mass is 16.5. The Labute approximate surface area is 196 Å². The first-order chi connectivity index (χ1) is 15.8. The Morgan fingerprint density at radius 2 is 1.64 bits per heavy atom. The molecule has 1 N–H and O–H groups in total. The first kappa shape index (κ1) is 26.1. The predicted molar refractivity (Wildman–Crippen MR) is 128 cm³/mol. The SMILES string of the molecule is CCC(C(=O)Nc1c(C)cccc1C(=O)OC)[N+](CC)(CC)CC(=O)OCc1ccccc1. The Balaban J connectivity index is 2.22. The van der Waals surface area contributed by atoms with Gasteiger partial charge < -0.3 is 19.3 Å². The lowest BCUT2D eigenvalue weighted by Crippen LogP contribution is -2.61. The second kappa shape index (κ2) is 12.2. The first-order valence-corrected chi connectivity index (χ1v) is 11.4. The van der Waals surface area contributed by atoms with E-state index in [1.165, 1.54) is 7.11 Å². The minimum absolute atomic E-state index is 0.0867. The lowest BCUT2D eigenvalue weighted by atomic mass is 10.0. The number of rotatable bonds is 11. The zero-order valence-electron chi connectivity index (χ0n) is 20.2. The minimum Gasteiger partial charge on any atom is -0.465 e. The Morgan fingerprint density at radius 3 is 2.21 bits per heavy atom. The molecule has 0 saturated heterocycles. The number of carbonyl (C=O) groups excluding carboxylic acids is 3. The predicted octanol–water partition coefficient (Wildman–Crippen LogP) is 4.10. The summed E-state index contributed by atoms with van der Waals surface area (Å²) < 4.78 is 10.6. The summed E-state index contributed by atoms with van der Waals surface area (Å²) in [7, 11) is 1.31. The molecule has 0 bridgehead atoms. The van der Waals surface area contributed by atoms with Crippen molar-refractivity contribution >= 4 is 23.5 Å². The van der Waals surface area contributed by atoms with Gasteiger partial charge in [-0.2, -0.15) is 0 Å². The molecule has 0 heterocycles. The largest absolute Gasteiger partial charge is 0.465 e. The molecule has 33 heavy (non-hydrogen) atoms. The van der Waals surface area contributed by atoms with E-state index in [-0.39, 0.29) is 29.5 Å². The van der Waals surface area contributed by atoms with Crippen LogP contribution >= 0.6 is 0 Å². The van der Waals surface area contributed by atoms with Crippen molar-refractivity contribution in [3.05, 3.63) is 65.2 Å². The molecule has 7 nitrogen and oxygen atoms in total. The molecule has 0 fully saturated rings. The number of aryl methyl sites for hydroxylation is 1. The Morgan fingerprint density at radius 1 is 0.970 bits per heavy atom. The minimum atomic E-state index is -0.515. The Kier molecular flexibility index (Phi) is 9.60. The molecule has 2 aromatic rings. The van der Waals surface area contributed by atoms with Gasteiger partial charge in [0.1, 0.15) is 6.61 Å². The van der Waals surface area contributed by atoms with E-state index < -0.39 is 12.0 Å². The summed E-state index contributed by atoms with van der Waals surface area (Å²) >= 11 is 0. The number of carbonyl (C=O) groups is 3. The van der Waals surface area contributed by atoms with Crippen LogP contribution in [0.2, 0.25) is 0 Å². The molecule has 0 aliphatic rings. The number of benzene rings is 2. The third-order valence-corrected chi connectivity index (χ3v) is 6.22. The first-order valence-electron chi connectivity index (χ1n) is 11.4. The third kappa shape index (κ3) is 6.42. The van der Waals surface area contributed by atoms with E-state index in [4.69, 9.17) is 9.47 Å². The smallest absolute Gasteiger partial charge is 0.362 e. The van der Waals surface area contributed by atoms with Gasteiger partial charge in [0.25, 0.3) is 5.91 Å². The monoisotopic (exact) mass is 455 g/mol. The summed E-state index contributed by atoms with van der Waals surface area (Å²) in [6, 6.07) is 14.2. The van der Waals surface area contributed by atoms with Crippen molar-refractivity contribution in [3.8, 4) is 0 Å². The van der Waals surface area contributed by atoms with Crippen molar-refractivity contribution in [2.75, 3.05) is 32.1 Å². The van der Waals surface area contributed by atoms with Crippen LogP contribution in [0.5, 0.6) is 0 Å². The van der Waals surface area contributed by atoms with Crippen LogP contribution in [0, 0.1) is 6.92 Å². The maximum Gasteiger partial charge on any atom is 0.362 e. The molecule has 0 aliphatic carbocycles. The highest BCUT2D eigenvalue weighted by Gasteiger charge is 2.41. The summed E-state index contributed by atoms with van der Waals surface area (Å²) in [6.45, 7) is 9.14. The summed E-state index contributed by atoms with van der Waals surface area (Å²) in [5, 5.41) is 2.94. The van der Waals surface area contributed by atoms with Crippen molar-refractivity contribution in [2.45, 2.75) is 46.8 Å². The van der Waals surface area contributed by atoms with Gasteiger partial charge in [0.15, 0.2) is 12.6 Å². The van der Waals surface area contributed by atoms with Crippen LogP contribution < -0.4 is 5.32 Å². The van der Waals surface area contributed by atoms with Crippen molar-refractivity contribution in [1.29, 1.82) is 0 Å². The fourth-order valence-electron chi connectivity index (χ4n) is 4.18. The van der Waals surface area contributed by atoms with E-state index >= 15 is 0 Å². The van der Waals surface area contributed by atoms with Crippen molar-refractivity contribution < 1.29 is 28.3 Å². The fraction of sp³-hybridized carbons (Fsp3) is 0.423. The number of esters is 2. The van der Waals surface area contributed by atoms with Crippen LogP contribution in [-0.4, -0.2) is 55.1 Å². The molecule has 1 unspecified atom stereocenters. The van der Waals surface area contributed by atoms with E-state index in [0.29, 0.717) is 30.8 Å². The molecule has 0 radical (unpaired) electrons. The number of hydrogen-bond donors (Lipinski definition) is 1. The normalized spacial score (nSPS) is 12.0. The van der Waals surface area contributed by atoms with Crippen LogP contribution in [0.4, 0.5) is 5.69 Å². The molecule has 0 aromatic heterocycles. The Hall–Kier alpha value is -3.19. The number of anilines is 1. The summed E-state index contributed by atoms with van der Waals surface area (Å²) in [5.41, 5.74) is 2.41. The second-order valence-electron chi connectivity index (χ2n) is 8.06. The number of quaternary nitrogens is 1. The molecule has 1 amide bonds. The van der Waals surface area contributed by atoms with E-state index in [2.05, 4.69) is 5.32 Å². The van der Waals surface area contributed by atoms with Crippen molar-refractivity contribution in [2.24, 2.45) is 0 Å². The van der Waals surface area contributed by atoms with Gasteiger partial charge >= 0.3 is 11.9 Å². The zero-order valence-corrected chi connectivity index (χ0v) is 20.2. The van der Waals surface area contributed by atoms with Crippen LogP contribution in [0.15, 0.2) is 48.5 Å². The van der Waals surface area contributed by atoms with Crippen molar-refractivity contribution in [3.63, 3.8) is 0 Å². The molecule has 2 aromatic carbocycles. The van der Waals surface area contributed by atoms with Gasteiger partial charge in [0.2, 0.25) is 0 Å². The van der Waals surface area contributed by atoms with Crippen LogP contribution in [0.1, 0.15) is 48.7 Å². The highest BCUT2D eigenvalue weighted by molar-refractivity contribution is 6.03. The van der Waals surface area contributed by atoms with Crippen molar-refractivity contribution in [1.82, 2.24) is 0 Å². The fourth-order valence-corrected chi connectivity index (χ4v) is 4.18. The number of nitrogens with zero attached hydrogens (tertiary/aromatic N) is 1. The maximum absolute atomic E-state index is 13.5. The summed E-state index contributed by atoms with van der Waals surface area (Å²) in [4.78, 5) is 38.4. The topological polar surface area (TPSA) is 81.7 Å². The molecule has 1 atom stereocenters. The quantitative estimate of drug-likeness (QED) is 0.408. The summed E-state index contributed by atoms with van der Waals surface area (Å²) in [6.07, 6.45) is 0.527. The van der Waals surface area contributed by atoms with Crippen LogP contribution in [-0.2, 0) is 25.7 Å². The number of likely N-dealkylation sites (N-methyl/N-ethyl adjacent to an activating group) is 1. The number of ether oxygens (including phenoxy) is 2. The molecule has 178 valence electrons. The van der Waals surface area contributed by atoms with E-state index in [1.807, 2.05) is 64.1 Å². The number of methoxy groups -OCH3 is 1. The number of amides is 1. The highest BCUT2D eigenvalue weighted by Crippen LogP contribution is 2.25. The third-order valence-electron chi connectivity index (χ3n) is 6.22. The van der Waals surface area contributed by atoms with E-state index in [9.17, 15) is 14.4 Å². The number of hydrogen-bond acceptors (Lipinski definition) is 5. The number of para-hydroxylation sites is 1. The molecular weight excluding hydrogens is 420 g/mol. The maximum atomic E-state index is 13.5. The Bertz CT molecular complexity index is 954. The molecule has 0 aliphatic heterocycles. The molecular formula is C26H35N2O5+. The summed E-state index contributed by atoms with van der Waals surface area (Å²) in [5.74, 6) is -1.10. The molecule has 2 rings (SSSR count). The van der Waals surface area contributed by atoms with Gasteiger partial charge in [-0.1, -0.05) is 49.4 Å². The average Bonchev–Trinajstić information content (AvgIpc) is 2.83. The van der Waals surface area contributed by atoms with E-state index in [1.54, 1.807) is 12.1 Å². The van der Waals surface area contributed by atoms with Gasteiger partial charge in [-0.3, -0.25) is 4.79 Å². The van der Waals surface area contributed by atoms with Gasteiger partial charge in [-0.15, -0.1) is 0 Å². The van der Waals surface area contributed by atoms with Gasteiger partial charge in [-0.05, 0) is 38.0 Å². The standard InChI is InChI=1S/C26H34N2O5/c1-6-22(25(30)27-24-19(4)13-12-16-21(24)26(31)32-5)28(7-2,8-3)17-23(29)33-18-20-14-10-9-11-15-20/h9-16,22H,6-8,17-18H2,1-5H3/p+1. The molecule has 0 spiro atoms. The van der Waals surface area contributed by atoms with E-state index in [0.717, 1.165) is 11.1 Å². The second-order valence-corrected chi connectivity index (χ2v) is 8.06. The lowest BCUT2D eigenvalue weighted by Gasteiger charge is -2.41. The zero-order chi connectivity index (χ0) is 24.4.